The van der Waals surface area contributed by atoms with Gasteiger partial charge < -0.3 is 14.4 Å². The van der Waals surface area contributed by atoms with Crippen molar-refractivity contribution in [3.05, 3.63) is 50.9 Å². The highest BCUT2D eigenvalue weighted by Crippen LogP contribution is 2.33. The van der Waals surface area contributed by atoms with Crippen LogP contribution in [0.4, 0.5) is 0 Å². The molecule has 0 spiro atoms. The lowest BCUT2D eigenvalue weighted by Crippen LogP contribution is -2.29. The maximum absolute atomic E-state index is 13.0. The number of methoxy groups -OCH3 is 2. The van der Waals surface area contributed by atoms with Gasteiger partial charge in [-0.3, -0.25) is 14.2 Å². The van der Waals surface area contributed by atoms with Crippen LogP contribution >= 0.6 is 11.3 Å². The van der Waals surface area contributed by atoms with Crippen molar-refractivity contribution in [2.24, 2.45) is 0 Å². The summed E-state index contributed by atoms with van der Waals surface area (Å²) in [5.74, 6) is 1.25. The monoisotopic (exact) mass is 441 g/mol. The van der Waals surface area contributed by atoms with Gasteiger partial charge in [-0.1, -0.05) is 6.07 Å². The Morgan fingerprint density at radius 2 is 1.97 bits per heavy atom. The Bertz CT molecular complexity index is 1170. The van der Waals surface area contributed by atoms with E-state index in [0.29, 0.717) is 24.6 Å². The Kier molecular flexibility index (Phi) is 6.27. The Balaban J connectivity index is 1.44. The predicted octanol–water partition coefficient (Wildman–Crippen LogP) is 3.40. The first-order valence-corrected chi connectivity index (χ1v) is 11.3. The maximum Gasteiger partial charge on any atom is 0.262 e. The molecule has 0 fully saturated rings. The molecule has 8 heteroatoms. The average Bonchev–Trinajstić information content (AvgIpc) is 3.17. The summed E-state index contributed by atoms with van der Waals surface area (Å²) in [6, 6.07) is 5.60. The number of hydrogen-bond donors (Lipinski definition) is 0. The minimum atomic E-state index is -0.0332. The molecule has 0 aliphatic heterocycles. The van der Waals surface area contributed by atoms with Crippen molar-refractivity contribution in [3.8, 4) is 11.5 Å². The fourth-order valence-electron chi connectivity index (χ4n) is 4.09. The molecule has 4 rings (SSSR count). The first kappa shape index (κ1) is 21.4. The third-order valence-corrected chi connectivity index (χ3v) is 7.00. The van der Waals surface area contributed by atoms with Gasteiger partial charge in [0.15, 0.2) is 11.5 Å². The molecule has 2 heterocycles. The number of nitrogens with zero attached hydrogens (tertiary/aromatic N) is 3. The van der Waals surface area contributed by atoms with Crippen molar-refractivity contribution >= 4 is 27.5 Å². The van der Waals surface area contributed by atoms with Crippen LogP contribution in [0.1, 0.15) is 35.3 Å². The molecule has 0 saturated heterocycles. The van der Waals surface area contributed by atoms with Crippen molar-refractivity contribution in [2.75, 3.05) is 21.3 Å². The van der Waals surface area contributed by atoms with Gasteiger partial charge in [-0.05, 0) is 48.9 Å². The van der Waals surface area contributed by atoms with E-state index in [0.717, 1.165) is 35.0 Å². The largest absolute Gasteiger partial charge is 0.493 e. The quantitative estimate of drug-likeness (QED) is 0.562. The molecule has 3 aromatic rings. The second-order valence-electron chi connectivity index (χ2n) is 7.82. The zero-order valence-electron chi connectivity index (χ0n) is 18.1. The second-order valence-corrected chi connectivity index (χ2v) is 8.91. The van der Waals surface area contributed by atoms with Gasteiger partial charge in [0, 0.05) is 31.4 Å². The molecule has 0 N–H and O–H groups in total. The summed E-state index contributed by atoms with van der Waals surface area (Å²) in [5.41, 5.74) is 2.09. The SMILES string of the molecule is COc1ccc(CN(C)C(=O)CCn2cnc3sc4c(c3c2=O)CCCC4)cc1OC. The number of carbonyl (C=O) groups is 1. The van der Waals surface area contributed by atoms with Gasteiger partial charge >= 0.3 is 0 Å². The van der Waals surface area contributed by atoms with Gasteiger partial charge in [0.2, 0.25) is 5.91 Å². The van der Waals surface area contributed by atoms with E-state index in [-0.39, 0.29) is 17.9 Å². The minimum absolute atomic E-state index is 0.0280. The number of thiophene rings is 1. The number of ether oxygens (including phenoxy) is 2. The number of fused-ring (bicyclic) bond motifs is 3. The summed E-state index contributed by atoms with van der Waals surface area (Å²) >= 11 is 1.64. The number of aryl methyl sites for hydroxylation is 3. The van der Waals surface area contributed by atoms with Crippen LogP contribution in [0.25, 0.3) is 10.2 Å². The first-order chi connectivity index (χ1) is 15.0. The molecule has 1 aromatic carbocycles. The standard InChI is InChI=1S/C23H27N3O4S/c1-25(13-15-8-9-17(29-2)18(12-15)30-3)20(27)10-11-26-14-24-22-21(23(26)28)16-6-4-5-7-19(16)31-22/h8-9,12,14H,4-7,10-11,13H2,1-3H3. The summed E-state index contributed by atoms with van der Waals surface area (Å²) in [4.78, 5) is 34.0. The van der Waals surface area contributed by atoms with E-state index in [4.69, 9.17) is 9.47 Å². The third-order valence-electron chi connectivity index (χ3n) is 5.80. The number of aromatic nitrogens is 2. The number of amides is 1. The highest BCUT2D eigenvalue weighted by Gasteiger charge is 2.20. The van der Waals surface area contributed by atoms with Gasteiger partial charge in [-0.25, -0.2) is 4.98 Å². The Hall–Kier alpha value is -2.87. The predicted molar refractivity (Wildman–Crippen MR) is 121 cm³/mol. The molecule has 0 radical (unpaired) electrons. The molecule has 1 aliphatic rings. The fraction of sp³-hybridized carbons (Fsp3) is 0.435. The van der Waals surface area contributed by atoms with E-state index in [1.54, 1.807) is 48.4 Å². The topological polar surface area (TPSA) is 73.7 Å². The van der Waals surface area contributed by atoms with Gasteiger partial charge in [-0.15, -0.1) is 11.3 Å². The lowest BCUT2D eigenvalue weighted by molar-refractivity contribution is -0.130. The van der Waals surface area contributed by atoms with Gasteiger partial charge in [0.05, 0.1) is 25.9 Å². The van der Waals surface area contributed by atoms with E-state index >= 15 is 0 Å². The van der Waals surface area contributed by atoms with E-state index in [9.17, 15) is 9.59 Å². The van der Waals surface area contributed by atoms with Crippen LogP contribution in [0.2, 0.25) is 0 Å². The Morgan fingerprint density at radius 1 is 1.19 bits per heavy atom. The summed E-state index contributed by atoms with van der Waals surface area (Å²) in [6.07, 6.45) is 6.09. The van der Waals surface area contributed by atoms with Crippen LogP contribution in [0.15, 0.2) is 29.3 Å². The summed E-state index contributed by atoms with van der Waals surface area (Å²) in [6.45, 7) is 0.769. The maximum atomic E-state index is 13.0. The van der Waals surface area contributed by atoms with Gasteiger partial charge in [0.1, 0.15) is 4.83 Å². The van der Waals surface area contributed by atoms with Crippen LogP contribution in [-0.4, -0.2) is 41.6 Å². The zero-order valence-corrected chi connectivity index (χ0v) is 19.0. The van der Waals surface area contributed by atoms with E-state index < -0.39 is 0 Å². The molecule has 0 bridgehead atoms. The molecule has 0 atom stereocenters. The Morgan fingerprint density at radius 3 is 2.74 bits per heavy atom. The van der Waals surface area contributed by atoms with Crippen molar-refractivity contribution in [1.29, 1.82) is 0 Å². The van der Waals surface area contributed by atoms with Crippen LogP contribution in [0, 0.1) is 0 Å². The molecular formula is C23H27N3O4S. The van der Waals surface area contributed by atoms with Crippen molar-refractivity contribution in [1.82, 2.24) is 14.5 Å². The Labute approximate surface area is 185 Å². The lowest BCUT2D eigenvalue weighted by atomic mass is 9.97. The van der Waals surface area contributed by atoms with Gasteiger partial charge in [-0.2, -0.15) is 0 Å². The van der Waals surface area contributed by atoms with Crippen LogP contribution in [0.3, 0.4) is 0 Å². The molecule has 0 saturated carbocycles. The fourth-order valence-corrected chi connectivity index (χ4v) is 5.31. The molecule has 1 amide bonds. The van der Waals surface area contributed by atoms with Crippen LogP contribution in [0.5, 0.6) is 11.5 Å². The molecular weight excluding hydrogens is 414 g/mol. The number of hydrogen-bond acceptors (Lipinski definition) is 6. The molecule has 7 nitrogen and oxygen atoms in total. The van der Waals surface area contributed by atoms with Crippen LogP contribution < -0.4 is 15.0 Å². The zero-order chi connectivity index (χ0) is 22.0. The summed E-state index contributed by atoms with van der Waals surface area (Å²) in [7, 11) is 4.94. The average molecular weight is 442 g/mol. The second kappa shape index (κ2) is 9.09. The van der Waals surface area contributed by atoms with Crippen molar-refractivity contribution in [3.63, 3.8) is 0 Å². The smallest absolute Gasteiger partial charge is 0.262 e. The van der Waals surface area contributed by atoms with E-state index in [2.05, 4.69) is 4.98 Å². The third kappa shape index (κ3) is 4.30. The summed E-state index contributed by atoms with van der Waals surface area (Å²) in [5, 5.41) is 0.758. The van der Waals surface area contributed by atoms with Crippen molar-refractivity contribution in [2.45, 2.75) is 45.2 Å². The van der Waals surface area contributed by atoms with E-state index in [1.165, 1.54) is 16.9 Å². The molecule has 2 aromatic heterocycles. The highest BCUT2D eigenvalue weighted by atomic mass is 32.1. The molecule has 164 valence electrons. The van der Waals surface area contributed by atoms with Gasteiger partial charge in [0.25, 0.3) is 5.56 Å². The van der Waals surface area contributed by atoms with E-state index in [1.807, 2.05) is 18.2 Å². The highest BCUT2D eigenvalue weighted by molar-refractivity contribution is 7.18. The minimum Gasteiger partial charge on any atom is -0.493 e. The molecule has 31 heavy (non-hydrogen) atoms. The molecule has 0 unspecified atom stereocenters. The number of rotatable bonds is 7. The first-order valence-electron chi connectivity index (χ1n) is 10.5. The van der Waals surface area contributed by atoms with Crippen molar-refractivity contribution < 1.29 is 14.3 Å². The normalized spacial score (nSPS) is 13.1. The number of carbonyl (C=O) groups excluding carboxylic acids is 1. The number of benzene rings is 1. The molecule has 1 aliphatic carbocycles. The lowest BCUT2D eigenvalue weighted by Gasteiger charge is -2.18. The summed E-state index contributed by atoms with van der Waals surface area (Å²) < 4.78 is 12.2. The van der Waals surface area contributed by atoms with Crippen LogP contribution in [-0.2, 0) is 30.7 Å².